The molecule has 4 rings (SSSR count). The fourth-order valence-corrected chi connectivity index (χ4v) is 3.35. The lowest BCUT2D eigenvalue weighted by molar-refractivity contribution is 0.785. The average molecular weight is 400 g/mol. The minimum absolute atomic E-state index is 0.225. The van der Waals surface area contributed by atoms with E-state index in [0.29, 0.717) is 0 Å². The first-order valence-corrected chi connectivity index (χ1v) is 9.81. The molecule has 0 spiro atoms. The molecule has 4 aromatic rings. The highest BCUT2D eigenvalue weighted by Gasteiger charge is 2.21. The highest BCUT2D eigenvalue weighted by Crippen LogP contribution is 2.30. The molecule has 0 amide bonds. The van der Waals surface area contributed by atoms with Gasteiger partial charge in [-0.1, -0.05) is 24.8 Å². The highest BCUT2D eigenvalue weighted by atomic mass is 15.4. The van der Waals surface area contributed by atoms with Gasteiger partial charge in [-0.25, -0.2) is 14.6 Å². The van der Waals surface area contributed by atoms with E-state index in [1.807, 2.05) is 51.4 Å². The first-order chi connectivity index (χ1) is 14.6. The zero-order valence-corrected chi connectivity index (χ0v) is 17.3. The molecule has 0 unspecified atom stereocenters. The number of nitrogens with one attached hydrogen (secondary N) is 2. The highest BCUT2D eigenvalue weighted by molar-refractivity contribution is 5.91. The van der Waals surface area contributed by atoms with Gasteiger partial charge in [0.25, 0.3) is 0 Å². The van der Waals surface area contributed by atoms with Gasteiger partial charge in [-0.15, -0.1) is 5.10 Å². The van der Waals surface area contributed by atoms with Gasteiger partial charge in [-0.05, 0) is 37.6 Å². The first-order valence-electron chi connectivity index (χ1n) is 9.81. The number of anilines is 2. The van der Waals surface area contributed by atoms with Crippen molar-refractivity contribution >= 4 is 28.1 Å². The molecule has 0 saturated heterocycles. The molecule has 0 aliphatic heterocycles. The number of aromatic nitrogens is 6. The number of nitrogens with zero attached hydrogens (tertiary/aromatic N) is 6. The zero-order valence-electron chi connectivity index (χ0n) is 17.3. The topological polar surface area (TPSA) is 93.4 Å². The Morgan fingerprint density at radius 3 is 2.83 bits per heavy atom. The lowest BCUT2D eigenvalue weighted by atomic mass is 10.0. The maximum absolute atomic E-state index is 4.46. The van der Waals surface area contributed by atoms with Gasteiger partial charge in [0.2, 0.25) is 0 Å². The monoisotopic (exact) mass is 400 g/mol. The molecule has 0 fully saturated rings. The molecule has 1 atom stereocenters. The predicted octanol–water partition coefficient (Wildman–Crippen LogP) is 4.05. The Hall–Kier alpha value is -3.81. The van der Waals surface area contributed by atoms with E-state index in [-0.39, 0.29) is 6.04 Å². The normalized spacial score (nSPS) is 12.0. The smallest absolute Gasteiger partial charge is 0.137 e. The Bertz CT molecular complexity index is 1200. The molecule has 0 aliphatic carbocycles. The van der Waals surface area contributed by atoms with Crippen LogP contribution in [0.1, 0.15) is 36.3 Å². The summed E-state index contributed by atoms with van der Waals surface area (Å²) in [5, 5.41) is 16.3. The van der Waals surface area contributed by atoms with Crippen molar-refractivity contribution in [2.75, 3.05) is 17.7 Å². The molecule has 0 radical (unpaired) electrons. The van der Waals surface area contributed by atoms with E-state index < -0.39 is 0 Å². The second-order valence-corrected chi connectivity index (χ2v) is 6.97. The number of hydrogen-bond donors (Lipinski definition) is 2. The molecular formula is C22H24N8. The van der Waals surface area contributed by atoms with Gasteiger partial charge in [0, 0.05) is 41.3 Å². The van der Waals surface area contributed by atoms with Crippen LogP contribution in [0, 0.1) is 6.92 Å². The van der Waals surface area contributed by atoms with Crippen molar-refractivity contribution in [1.29, 1.82) is 0 Å². The van der Waals surface area contributed by atoms with Crippen LogP contribution in [0.4, 0.5) is 11.5 Å². The van der Waals surface area contributed by atoms with E-state index in [9.17, 15) is 0 Å². The number of benzene rings is 1. The second kappa shape index (κ2) is 8.28. The quantitative estimate of drug-likeness (QED) is 0.483. The number of hydrogen-bond acceptors (Lipinski definition) is 7. The molecule has 0 bridgehead atoms. The van der Waals surface area contributed by atoms with Gasteiger partial charge in [-0.2, -0.15) is 0 Å². The van der Waals surface area contributed by atoms with Crippen LogP contribution in [0.2, 0.25) is 0 Å². The summed E-state index contributed by atoms with van der Waals surface area (Å²) in [6, 6.07) is 9.77. The molecule has 0 aliphatic rings. The van der Waals surface area contributed by atoms with Crippen molar-refractivity contribution in [3.8, 4) is 0 Å². The van der Waals surface area contributed by atoms with E-state index in [4.69, 9.17) is 0 Å². The van der Waals surface area contributed by atoms with E-state index in [1.165, 1.54) is 0 Å². The SMILES string of the molecule is C=C(CC)n1cc([C@@H](Nc2ccc3ncnc(NC)c3c2)c2cccnc2C)nn1. The molecule has 152 valence electrons. The molecule has 1 aromatic carbocycles. The van der Waals surface area contributed by atoms with Crippen LogP contribution in [0.5, 0.6) is 0 Å². The summed E-state index contributed by atoms with van der Waals surface area (Å²) < 4.78 is 1.73. The van der Waals surface area contributed by atoms with Gasteiger partial charge in [-0.3, -0.25) is 4.98 Å². The summed E-state index contributed by atoms with van der Waals surface area (Å²) in [5.41, 5.74) is 5.44. The summed E-state index contributed by atoms with van der Waals surface area (Å²) in [5.74, 6) is 0.781. The van der Waals surface area contributed by atoms with Crippen molar-refractivity contribution < 1.29 is 0 Å². The largest absolute Gasteiger partial charge is 0.373 e. The maximum Gasteiger partial charge on any atom is 0.137 e. The Labute approximate surface area is 175 Å². The molecule has 3 heterocycles. The molecule has 8 heteroatoms. The number of aryl methyl sites for hydroxylation is 1. The zero-order chi connectivity index (χ0) is 21.1. The van der Waals surface area contributed by atoms with Crippen LogP contribution >= 0.6 is 0 Å². The van der Waals surface area contributed by atoms with Crippen molar-refractivity contribution in [1.82, 2.24) is 29.9 Å². The van der Waals surface area contributed by atoms with Crippen LogP contribution in [0.25, 0.3) is 16.6 Å². The minimum atomic E-state index is -0.225. The first kappa shape index (κ1) is 19.5. The Morgan fingerprint density at radius 1 is 1.20 bits per heavy atom. The number of fused-ring (bicyclic) bond motifs is 1. The Balaban J connectivity index is 1.77. The fourth-order valence-electron chi connectivity index (χ4n) is 3.35. The summed E-state index contributed by atoms with van der Waals surface area (Å²) in [7, 11) is 1.85. The van der Waals surface area contributed by atoms with Crippen LogP contribution in [-0.2, 0) is 0 Å². The Morgan fingerprint density at radius 2 is 2.07 bits per heavy atom. The third-order valence-corrected chi connectivity index (χ3v) is 5.08. The van der Waals surface area contributed by atoms with Gasteiger partial charge in [0.1, 0.15) is 17.8 Å². The van der Waals surface area contributed by atoms with Crippen molar-refractivity contribution in [3.63, 3.8) is 0 Å². The van der Waals surface area contributed by atoms with Crippen LogP contribution in [-0.4, -0.2) is 37.0 Å². The molecule has 3 aromatic heterocycles. The lowest BCUT2D eigenvalue weighted by Crippen LogP contribution is -2.15. The van der Waals surface area contributed by atoms with E-state index in [2.05, 4.69) is 48.5 Å². The predicted molar refractivity (Wildman–Crippen MR) is 119 cm³/mol. The van der Waals surface area contributed by atoms with Crippen molar-refractivity contribution in [2.24, 2.45) is 0 Å². The van der Waals surface area contributed by atoms with E-state index in [1.54, 1.807) is 17.2 Å². The van der Waals surface area contributed by atoms with Gasteiger partial charge >= 0.3 is 0 Å². The number of pyridine rings is 1. The third kappa shape index (κ3) is 3.71. The second-order valence-electron chi connectivity index (χ2n) is 6.97. The van der Waals surface area contributed by atoms with Crippen molar-refractivity contribution in [2.45, 2.75) is 26.3 Å². The Kier molecular flexibility index (Phi) is 5.38. The van der Waals surface area contributed by atoms with E-state index in [0.717, 1.165) is 51.5 Å². The summed E-state index contributed by atoms with van der Waals surface area (Å²) >= 11 is 0. The summed E-state index contributed by atoms with van der Waals surface area (Å²) in [4.78, 5) is 13.1. The molecule has 30 heavy (non-hydrogen) atoms. The average Bonchev–Trinajstić information content (AvgIpc) is 3.27. The van der Waals surface area contributed by atoms with Crippen molar-refractivity contribution in [3.05, 3.63) is 72.6 Å². The lowest BCUT2D eigenvalue weighted by Gasteiger charge is -2.20. The van der Waals surface area contributed by atoms with Crippen LogP contribution < -0.4 is 10.6 Å². The van der Waals surface area contributed by atoms with Crippen LogP contribution in [0.15, 0.2) is 55.6 Å². The van der Waals surface area contributed by atoms with Gasteiger partial charge in [0.15, 0.2) is 0 Å². The summed E-state index contributed by atoms with van der Waals surface area (Å²) in [6.07, 6.45) is 6.06. The molecule has 8 nitrogen and oxygen atoms in total. The summed E-state index contributed by atoms with van der Waals surface area (Å²) in [6.45, 7) is 8.09. The van der Waals surface area contributed by atoms with Gasteiger partial charge in [0.05, 0.1) is 17.8 Å². The van der Waals surface area contributed by atoms with Crippen LogP contribution in [0.3, 0.4) is 0 Å². The fraction of sp³-hybridized carbons (Fsp3) is 0.227. The minimum Gasteiger partial charge on any atom is -0.373 e. The maximum atomic E-state index is 4.46. The third-order valence-electron chi connectivity index (χ3n) is 5.08. The van der Waals surface area contributed by atoms with E-state index >= 15 is 0 Å². The number of rotatable bonds is 7. The molecular weight excluding hydrogens is 376 g/mol. The van der Waals surface area contributed by atoms with Gasteiger partial charge < -0.3 is 10.6 Å². The standard InChI is InChI=1S/C22H24N8/c1-5-14(2)30-12-20(28-29-30)21(17-7-6-10-24-15(17)3)27-16-8-9-19-18(11-16)22(23-4)26-13-25-19/h6-13,21,27H,2,5H2,1,3-4H3,(H,23,25,26)/t21-/m0/s1. The molecule has 0 saturated carbocycles. The molecule has 2 N–H and O–H groups in total. The number of allylic oxidation sites excluding steroid dienone is 1.